The normalized spacial score (nSPS) is 11.2. The van der Waals surface area contributed by atoms with Gasteiger partial charge in [0.2, 0.25) is 0 Å². The molecule has 0 radical (unpaired) electrons. The van der Waals surface area contributed by atoms with Crippen LogP contribution >= 0.6 is 34.5 Å². The number of thiazole rings is 1. The zero-order valence-electron chi connectivity index (χ0n) is 10.2. The highest BCUT2D eigenvalue weighted by Crippen LogP contribution is 2.29. The lowest BCUT2D eigenvalue weighted by Gasteiger charge is -2.04. The Kier molecular flexibility index (Phi) is 4.62. The molecule has 0 fully saturated rings. The highest BCUT2D eigenvalue weighted by atomic mass is 35.5. The zero-order chi connectivity index (χ0) is 13.1. The highest BCUT2D eigenvalue weighted by molar-refractivity contribution is 7.09. The van der Waals surface area contributed by atoms with E-state index in [9.17, 15) is 0 Å². The molecule has 0 unspecified atom stereocenters. The van der Waals surface area contributed by atoms with Crippen LogP contribution in [0.5, 0.6) is 0 Å². The molecule has 0 atom stereocenters. The van der Waals surface area contributed by atoms with Crippen molar-refractivity contribution in [3.05, 3.63) is 38.6 Å². The third kappa shape index (κ3) is 3.45. The molecule has 2 rings (SSSR count). The maximum atomic E-state index is 6.00. The predicted molar refractivity (Wildman–Crippen MR) is 79.5 cm³/mol. The molecular weight excluding hydrogens is 287 g/mol. The fourth-order valence-corrected chi connectivity index (χ4v) is 2.52. The van der Waals surface area contributed by atoms with E-state index >= 15 is 0 Å². The van der Waals surface area contributed by atoms with Crippen LogP contribution < -0.4 is 5.32 Å². The van der Waals surface area contributed by atoms with Crippen LogP contribution in [-0.2, 0) is 6.54 Å². The van der Waals surface area contributed by atoms with Gasteiger partial charge in [-0.2, -0.15) is 0 Å². The van der Waals surface area contributed by atoms with Crippen molar-refractivity contribution >= 4 is 34.5 Å². The number of hydrogen-bond donors (Lipinski definition) is 1. The Bertz CT molecular complexity index is 538. The van der Waals surface area contributed by atoms with Crippen LogP contribution in [0.1, 0.15) is 18.9 Å². The van der Waals surface area contributed by atoms with Gasteiger partial charge in [0.05, 0.1) is 15.7 Å². The summed E-state index contributed by atoms with van der Waals surface area (Å²) in [6, 6.07) is 6.04. The quantitative estimate of drug-likeness (QED) is 0.891. The molecule has 0 bridgehead atoms. The van der Waals surface area contributed by atoms with Gasteiger partial charge in [-0.05, 0) is 12.1 Å². The van der Waals surface area contributed by atoms with Crippen LogP contribution in [0.15, 0.2) is 23.6 Å². The van der Waals surface area contributed by atoms with Gasteiger partial charge in [-0.25, -0.2) is 4.98 Å². The summed E-state index contributed by atoms with van der Waals surface area (Å²) in [7, 11) is 0. The molecule has 2 nitrogen and oxygen atoms in total. The average Bonchev–Trinajstić information content (AvgIpc) is 2.79. The van der Waals surface area contributed by atoms with Crippen molar-refractivity contribution in [3.63, 3.8) is 0 Å². The van der Waals surface area contributed by atoms with Crippen LogP contribution in [0.2, 0.25) is 10.0 Å². The number of benzene rings is 1. The molecule has 1 N–H and O–H groups in total. The maximum absolute atomic E-state index is 6.00. The van der Waals surface area contributed by atoms with E-state index in [1.807, 2.05) is 17.5 Å². The summed E-state index contributed by atoms with van der Waals surface area (Å²) in [6.07, 6.45) is 0. The minimum absolute atomic E-state index is 0.460. The summed E-state index contributed by atoms with van der Waals surface area (Å²) in [6.45, 7) is 5.03. The summed E-state index contributed by atoms with van der Waals surface area (Å²) < 4.78 is 0. The van der Waals surface area contributed by atoms with E-state index in [-0.39, 0.29) is 0 Å². The lowest BCUT2D eigenvalue weighted by molar-refractivity contribution is 0.587. The third-order valence-corrected chi connectivity index (χ3v) is 4.02. The van der Waals surface area contributed by atoms with Crippen molar-refractivity contribution in [1.29, 1.82) is 0 Å². The summed E-state index contributed by atoms with van der Waals surface area (Å²) in [5.74, 6) is 0. The van der Waals surface area contributed by atoms with Gasteiger partial charge < -0.3 is 5.32 Å². The van der Waals surface area contributed by atoms with Crippen molar-refractivity contribution in [3.8, 4) is 11.3 Å². The van der Waals surface area contributed by atoms with Crippen molar-refractivity contribution in [1.82, 2.24) is 10.3 Å². The lowest BCUT2D eigenvalue weighted by atomic mass is 10.2. The highest BCUT2D eigenvalue weighted by Gasteiger charge is 2.07. The fraction of sp³-hybridized carbons (Fsp3) is 0.308. The second kappa shape index (κ2) is 6.02. The monoisotopic (exact) mass is 300 g/mol. The van der Waals surface area contributed by atoms with Crippen molar-refractivity contribution in [2.75, 3.05) is 0 Å². The molecule has 0 aliphatic carbocycles. The van der Waals surface area contributed by atoms with Crippen molar-refractivity contribution in [2.24, 2.45) is 0 Å². The van der Waals surface area contributed by atoms with Gasteiger partial charge in [-0.15, -0.1) is 11.3 Å². The van der Waals surface area contributed by atoms with E-state index in [0.717, 1.165) is 22.8 Å². The van der Waals surface area contributed by atoms with Crippen molar-refractivity contribution in [2.45, 2.75) is 26.4 Å². The van der Waals surface area contributed by atoms with E-state index in [1.165, 1.54) is 0 Å². The topological polar surface area (TPSA) is 24.9 Å². The third-order valence-electron chi connectivity index (χ3n) is 2.43. The lowest BCUT2D eigenvalue weighted by Crippen LogP contribution is -2.21. The Labute approximate surface area is 121 Å². The number of aromatic nitrogens is 1. The van der Waals surface area contributed by atoms with Crippen LogP contribution in [-0.4, -0.2) is 11.0 Å². The zero-order valence-corrected chi connectivity index (χ0v) is 12.5. The number of nitrogens with one attached hydrogen (secondary N) is 1. The van der Waals surface area contributed by atoms with E-state index < -0.39 is 0 Å². The van der Waals surface area contributed by atoms with E-state index in [0.29, 0.717) is 16.1 Å². The minimum atomic E-state index is 0.460. The number of halogens is 2. The standard InChI is InChI=1S/C13H14Cl2N2S/c1-8(2)16-6-13-17-12(7-18-13)9-3-4-10(14)11(15)5-9/h3-5,7-8,16H,6H2,1-2H3. The van der Waals surface area contributed by atoms with Gasteiger partial charge in [0.1, 0.15) is 5.01 Å². The Morgan fingerprint density at radius 2 is 2.06 bits per heavy atom. The molecule has 1 aromatic heterocycles. The number of hydrogen-bond acceptors (Lipinski definition) is 3. The van der Waals surface area contributed by atoms with Gasteiger partial charge in [-0.1, -0.05) is 43.1 Å². The Morgan fingerprint density at radius 1 is 1.28 bits per heavy atom. The van der Waals surface area contributed by atoms with Gasteiger partial charge in [0, 0.05) is 23.5 Å². The largest absolute Gasteiger partial charge is 0.308 e. The Balaban J connectivity index is 2.16. The van der Waals surface area contributed by atoms with Gasteiger partial charge in [0.25, 0.3) is 0 Å². The first-order chi connectivity index (χ1) is 8.56. The molecule has 0 amide bonds. The van der Waals surface area contributed by atoms with Gasteiger partial charge in [0.15, 0.2) is 0 Å². The summed E-state index contributed by atoms with van der Waals surface area (Å²) >= 11 is 13.5. The van der Waals surface area contributed by atoms with Crippen LogP contribution in [0.3, 0.4) is 0 Å². The number of rotatable bonds is 4. The smallest absolute Gasteiger partial charge is 0.107 e. The van der Waals surface area contributed by atoms with Gasteiger partial charge >= 0.3 is 0 Å². The second-order valence-corrected chi connectivity index (χ2v) is 6.05. The first-order valence-corrected chi connectivity index (χ1v) is 7.33. The molecule has 0 aliphatic rings. The Morgan fingerprint density at radius 3 is 2.72 bits per heavy atom. The molecule has 0 aliphatic heterocycles. The summed E-state index contributed by atoms with van der Waals surface area (Å²) in [5.41, 5.74) is 1.94. The molecule has 0 spiro atoms. The predicted octanol–water partition coefficient (Wildman–Crippen LogP) is 4.61. The molecule has 0 saturated heterocycles. The van der Waals surface area contributed by atoms with Crippen molar-refractivity contribution < 1.29 is 0 Å². The molecule has 0 saturated carbocycles. The van der Waals surface area contributed by atoms with E-state index in [2.05, 4.69) is 24.1 Å². The summed E-state index contributed by atoms with van der Waals surface area (Å²) in [4.78, 5) is 4.58. The molecule has 18 heavy (non-hydrogen) atoms. The van der Waals surface area contributed by atoms with E-state index in [1.54, 1.807) is 17.4 Å². The fourth-order valence-electron chi connectivity index (χ4n) is 1.47. The SMILES string of the molecule is CC(C)NCc1nc(-c2ccc(Cl)c(Cl)c2)cs1. The molecule has 5 heteroatoms. The van der Waals surface area contributed by atoms with Crippen LogP contribution in [0, 0.1) is 0 Å². The molecule has 2 aromatic rings. The number of nitrogens with zero attached hydrogens (tertiary/aromatic N) is 1. The minimum Gasteiger partial charge on any atom is -0.308 e. The first-order valence-electron chi connectivity index (χ1n) is 5.69. The molecule has 96 valence electrons. The second-order valence-electron chi connectivity index (χ2n) is 4.29. The molecular formula is C13H14Cl2N2S. The Hall–Kier alpha value is -0.610. The van der Waals surface area contributed by atoms with E-state index in [4.69, 9.17) is 23.2 Å². The van der Waals surface area contributed by atoms with Crippen LogP contribution in [0.25, 0.3) is 11.3 Å². The average molecular weight is 301 g/mol. The molecule has 1 aromatic carbocycles. The summed E-state index contributed by atoms with van der Waals surface area (Å²) in [5, 5.41) is 7.59. The maximum Gasteiger partial charge on any atom is 0.107 e. The van der Waals surface area contributed by atoms with Crippen LogP contribution in [0.4, 0.5) is 0 Å². The first kappa shape index (κ1) is 13.8. The molecule has 1 heterocycles. The van der Waals surface area contributed by atoms with Gasteiger partial charge in [-0.3, -0.25) is 0 Å².